The number of nitrogens with zero attached hydrogens (tertiary/aromatic N) is 1. The van der Waals surface area contributed by atoms with E-state index >= 15 is 0 Å². The maximum Gasteiger partial charge on any atom is 0.253 e. The fourth-order valence-electron chi connectivity index (χ4n) is 1.79. The smallest absolute Gasteiger partial charge is 0.253 e. The number of aromatic hydroxyl groups is 1. The molecular weight excluding hydrogens is 317 g/mol. The van der Waals surface area contributed by atoms with Gasteiger partial charge in [-0.2, -0.15) is 0 Å². The van der Waals surface area contributed by atoms with Crippen molar-refractivity contribution >= 4 is 28.5 Å². The molecule has 1 aliphatic rings. The van der Waals surface area contributed by atoms with Gasteiger partial charge in [0.2, 0.25) is 0 Å². The molecule has 0 bridgehead atoms. The van der Waals surface area contributed by atoms with Crippen LogP contribution in [0, 0.1) is 3.57 Å². The predicted molar refractivity (Wildman–Crippen MR) is 70.6 cm³/mol. The quantitative estimate of drug-likeness (QED) is 0.847. The second-order valence-corrected chi connectivity index (χ2v) is 5.33. The SMILES string of the molecule is CN(C(=O)c1ccc(I)c(O)c1)C1CCC1. The van der Waals surface area contributed by atoms with Crippen LogP contribution in [0.1, 0.15) is 29.6 Å². The molecule has 3 nitrogen and oxygen atoms in total. The summed E-state index contributed by atoms with van der Waals surface area (Å²) in [5.74, 6) is 0.171. The molecule has 0 spiro atoms. The van der Waals surface area contributed by atoms with Gasteiger partial charge in [-0.25, -0.2) is 0 Å². The molecule has 0 radical (unpaired) electrons. The summed E-state index contributed by atoms with van der Waals surface area (Å²) in [5.41, 5.74) is 0.562. The van der Waals surface area contributed by atoms with Gasteiger partial charge in [-0.1, -0.05) is 0 Å². The summed E-state index contributed by atoms with van der Waals surface area (Å²) >= 11 is 2.04. The van der Waals surface area contributed by atoms with Crippen LogP contribution in [0.3, 0.4) is 0 Å². The monoisotopic (exact) mass is 331 g/mol. The zero-order chi connectivity index (χ0) is 11.7. The van der Waals surface area contributed by atoms with E-state index in [1.54, 1.807) is 23.1 Å². The number of hydrogen-bond donors (Lipinski definition) is 1. The number of halogens is 1. The average molecular weight is 331 g/mol. The second kappa shape index (κ2) is 4.61. The molecule has 1 N–H and O–H groups in total. The molecule has 1 saturated carbocycles. The highest BCUT2D eigenvalue weighted by Gasteiger charge is 2.26. The number of amides is 1. The number of benzene rings is 1. The van der Waals surface area contributed by atoms with Crippen molar-refractivity contribution in [3.63, 3.8) is 0 Å². The van der Waals surface area contributed by atoms with Crippen molar-refractivity contribution in [3.05, 3.63) is 27.3 Å². The molecule has 0 aromatic heterocycles. The van der Waals surface area contributed by atoms with Crippen LogP contribution in [0.5, 0.6) is 5.75 Å². The van der Waals surface area contributed by atoms with E-state index < -0.39 is 0 Å². The molecule has 16 heavy (non-hydrogen) atoms. The van der Waals surface area contributed by atoms with Crippen molar-refractivity contribution in [2.24, 2.45) is 0 Å². The van der Waals surface area contributed by atoms with Gasteiger partial charge in [0, 0.05) is 18.7 Å². The summed E-state index contributed by atoms with van der Waals surface area (Å²) in [4.78, 5) is 13.8. The Morgan fingerprint density at radius 2 is 2.19 bits per heavy atom. The van der Waals surface area contributed by atoms with Gasteiger partial charge >= 0.3 is 0 Å². The minimum Gasteiger partial charge on any atom is -0.507 e. The van der Waals surface area contributed by atoms with Gasteiger partial charge in [0.1, 0.15) is 5.75 Å². The molecule has 1 fully saturated rings. The highest BCUT2D eigenvalue weighted by Crippen LogP contribution is 2.26. The van der Waals surface area contributed by atoms with Crippen LogP contribution in [-0.4, -0.2) is 29.0 Å². The van der Waals surface area contributed by atoms with Gasteiger partial charge in [0.05, 0.1) is 3.57 Å². The average Bonchev–Trinajstić information content (AvgIpc) is 2.18. The first-order chi connectivity index (χ1) is 7.59. The maximum atomic E-state index is 12.1. The van der Waals surface area contributed by atoms with E-state index in [1.807, 2.05) is 29.6 Å². The third-order valence-corrected chi connectivity index (χ3v) is 4.05. The fourth-order valence-corrected chi connectivity index (χ4v) is 2.12. The lowest BCUT2D eigenvalue weighted by atomic mass is 9.91. The van der Waals surface area contributed by atoms with Crippen LogP contribution in [0.15, 0.2) is 18.2 Å². The van der Waals surface area contributed by atoms with E-state index in [4.69, 9.17) is 0 Å². The molecule has 4 heteroatoms. The maximum absolute atomic E-state index is 12.1. The number of carbonyl (C=O) groups is 1. The number of rotatable bonds is 2. The van der Waals surface area contributed by atoms with Crippen LogP contribution in [-0.2, 0) is 0 Å². The van der Waals surface area contributed by atoms with E-state index in [1.165, 1.54) is 6.42 Å². The molecule has 0 atom stereocenters. The summed E-state index contributed by atoms with van der Waals surface area (Å²) in [6.45, 7) is 0. The summed E-state index contributed by atoms with van der Waals surface area (Å²) in [5, 5.41) is 9.56. The minimum absolute atomic E-state index is 0.00333. The summed E-state index contributed by atoms with van der Waals surface area (Å²) in [6, 6.07) is 5.45. The van der Waals surface area contributed by atoms with Crippen LogP contribution < -0.4 is 0 Å². The fraction of sp³-hybridized carbons (Fsp3) is 0.417. The number of phenolic OH excluding ortho intramolecular Hbond substituents is 1. The Morgan fingerprint density at radius 1 is 1.50 bits per heavy atom. The van der Waals surface area contributed by atoms with Crippen molar-refractivity contribution < 1.29 is 9.90 Å². The first-order valence-electron chi connectivity index (χ1n) is 5.35. The van der Waals surface area contributed by atoms with E-state index in [0.717, 1.165) is 16.4 Å². The van der Waals surface area contributed by atoms with Gasteiger partial charge in [0.25, 0.3) is 5.91 Å². The second-order valence-electron chi connectivity index (χ2n) is 4.17. The Hall–Kier alpha value is -0.780. The molecule has 2 rings (SSSR count). The number of carbonyl (C=O) groups excluding carboxylic acids is 1. The molecule has 0 unspecified atom stereocenters. The van der Waals surface area contributed by atoms with E-state index in [-0.39, 0.29) is 11.7 Å². The van der Waals surface area contributed by atoms with Crippen LogP contribution >= 0.6 is 22.6 Å². The van der Waals surface area contributed by atoms with Crippen LogP contribution in [0.2, 0.25) is 0 Å². The van der Waals surface area contributed by atoms with Crippen molar-refractivity contribution in [3.8, 4) is 5.75 Å². The molecule has 1 aromatic carbocycles. The summed E-state index contributed by atoms with van der Waals surface area (Å²) in [7, 11) is 1.83. The van der Waals surface area contributed by atoms with Crippen LogP contribution in [0.4, 0.5) is 0 Å². The number of phenols is 1. The van der Waals surface area contributed by atoms with Crippen molar-refractivity contribution in [1.29, 1.82) is 0 Å². The predicted octanol–water partition coefficient (Wildman–Crippen LogP) is 2.62. The summed E-state index contributed by atoms with van der Waals surface area (Å²) in [6.07, 6.45) is 3.40. The van der Waals surface area contributed by atoms with Gasteiger partial charge in [-0.05, 0) is 60.1 Å². The van der Waals surface area contributed by atoms with Gasteiger partial charge in [0.15, 0.2) is 0 Å². The minimum atomic E-state index is -0.00333. The Bertz CT molecular complexity index is 415. The largest absolute Gasteiger partial charge is 0.507 e. The van der Waals surface area contributed by atoms with E-state index in [2.05, 4.69) is 0 Å². The number of hydrogen-bond acceptors (Lipinski definition) is 2. The molecule has 0 saturated heterocycles. The molecule has 1 amide bonds. The highest BCUT2D eigenvalue weighted by atomic mass is 127. The lowest BCUT2D eigenvalue weighted by Gasteiger charge is -2.34. The standard InChI is InChI=1S/C12H14INO2/c1-14(9-3-2-4-9)12(16)8-5-6-10(13)11(15)7-8/h5-7,9,15H,2-4H2,1H3. The molecule has 86 valence electrons. The molecule has 1 aromatic rings. The lowest BCUT2D eigenvalue weighted by Crippen LogP contribution is -2.41. The Morgan fingerprint density at radius 3 is 2.69 bits per heavy atom. The zero-order valence-electron chi connectivity index (χ0n) is 9.11. The van der Waals surface area contributed by atoms with Gasteiger partial charge in [-0.3, -0.25) is 4.79 Å². The van der Waals surface area contributed by atoms with Crippen molar-refractivity contribution in [1.82, 2.24) is 4.90 Å². The van der Waals surface area contributed by atoms with E-state index in [0.29, 0.717) is 11.6 Å². The van der Waals surface area contributed by atoms with Crippen molar-refractivity contribution in [2.75, 3.05) is 7.05 Å². The molecule has 0 aliphatic heterocycles. The molecular formula is C12H14INO2. The topological polar surface area (TPSA) is 40.5 Å². The Labute approximate surface area is 109 Å². The van der Waals surface area contributed by atoms with E-state index in [9.17, 15) is 9.90 Å². The highest BCUT2D eigenvalue weighted by molar-refractivity contribution is 14.1. The zero-order valence-corrected chi connectivity index (χ0v) is 11.3. The van der Waals surface area contributed by atoms with Crippen LogP contribution in [0.25, 0.3) is 0 Å². The molecule has 0 heterocycles. The van der Waals surface area contributed by atoms with Crippen molar-refractivity contribution in [2.45, 2.75) is 25.3 Å². The van der Waals surface area contributed by atoms with Gasteiger partial charge in [-0.15, -0.1) is 0 Å². The molecule has 1 aliphatic carbocycles. The van der Waals surface area contributed by atoms with Gasteiger partial charge < -0.3 is 10.0 Å². The third-order valence-electron chi connectivity index (χ3n) is 3.14. The Kier molecular flexibility index (Phi) is 3.37. The third kappa shape index (κ3) is 2.16. The Balaban J connectivity index is 2.16. The first-order valence-corrected chi connectivity index (χ1v) is 6.43. The first kappa shape index (κ1) is 11.7. The lowest BCUT2D eigenvalue weighted by molar-refractivity contribution is 0.0651. The normalized spacial score (nSPS) is 15.6. The summed E-state index contributed by atoms with van der Waals surface area (Å²) < 4.78 is 0.764.